The molecule has 3 N–H and O–H groups in total. The van der Waals surface area contributed by atoms with Crippen LogP contribution in [0, 0.1) is 13.8 Å². The number of aliphatic hydroxyl groups is 1. The first kappa shape index (κ1) is 19.0. The van der Waals surface area contributed by atoms with Crippen LogP contribution in [0.1, 0.15) is 36.5 Å². The molecule has 25 heavy (non-hydrogen) atoms. The third kappa shape index (κ3) is 5.60. The summed E-state index contributed by atoms with van der Waals surface area (Å²) < 4.78 is 5.53. The molecule has 136 valence electrons. The monoisotopic (exact) mass is 344 g/mol. The normalized spacial score (nSPS) is 14.2. The highest BCUT2D eigenvalue weighted by molar-refractivity contribution is 5.79. The lowest BCUT2D eigenvalue weighted by Gasteiger charge is -2.19. The highest BCUT2D eigenvalue weighted by Gasteiger charge is 2.26. The molecule has 0 spiro atoms. The Morgan fingerprint density at radius 2 is 2.08 bits per heavy atom. The quantitative estimate of drug-likeness (QED) is 0.530. The largest absolute Gasteiger partial charge is 0.463 e. The van der Waals surface area contributed by atoms with E-state index in [4.69, 9.17) is 4.42 Å². The lowest BCUT2D eigenvalue weighted by atomic mass is 10.0. The van der Waals surface area contributed by atoms with Crippen molar-refractivity contribution in [1.29, 1.82) is 0 Å². The van der Waals surface area contributed by atoms with E-state index >= 15 is 0 Å². The van der Waals surface area contributed by atoms with E-state index in [9.17, 15) is 5.11 Å². The first-order valence-corrected chi connectivity index (χ1v) is 8.63. The second-order valence-electron chi connectivity index (χ2n) is 6.36. The maximum atomic E-state index is 10.6. The van der Waals surface area contributed by atoms with Crippen LogP contribution in [0.15, 0.2) is 40.0 Å². The van der Waals surface area contributed by atoms with Gasteiger partial charge in [0.2, 0.25) is 0 Å². The number of hydrogen-bond donors (Lipinski definition) is 3. The smallest absolute Gasteiger partial charge is 0.191 e. The van der Waals surface area contributed by atoms with Gasteiger partial charge < -0.3 is 20.2 Å². The van der Waals surface area contributed by atoms with Gasteiger partial charge in [0.15, 0.2) is 5.96 Å². The zero-order valence-corrected chi connectivity index (χ0v) is 15.5. The number of pyridine rings is 1. The van der Waals surface area contributed by atoms with Crippen LogP contribution in [0.3, 0.4) is 0 Å². The Morgan fingerprint density at radius 3 is 2.72 bits per heavy atom. The van der Waals surface area contributed by atoms with Crippen molar-refractivity contribution in [1.82, 2.24) is 15.6 Å². The van der Waals surface area contributed by atoms with E-state index in [0.29, 0.717) is 11.7 Å². The number of hydrogen-bond acceptors (Lipinski definition) is 4. The lowest BCUT2D eigenvalue weighted by Crippen LogP contribution is -2.39. The van der Waals surface area contributed by atoms with Crippen molar-refractivity contribution in [2.24, 2.45) is 4.99 Å². The van der Waals surface area contributed by atoms with Gasteiger partial charge in [0.05, 0.1) is 6.54 Å². The van der Waals surface area contributed by atoms with Gasteiger partial charge in [0, 0.05) is 25.5 Å². The average Bonchev–Trinajstić information content (AvgIpc) is 3.02. The maximum absolute atomic E-state index is 10.6. The highest BCUT2D eigenvalue weighted by Crippen LogP contribution is 2.23. The Balaban J connectivity index is 1.94. The van der Waals surface area contributed by atoms with E-state index in [1.54, 1.807) is 13.0 Å². The van der Waals surface area contributed by atoms with Crippen LogP contribution in [-0.4, -0.2) is 35.7 Å². The minimum atomic E-state index is -1.14. The first-order valence-electron chi connectivity index (χ1n) is 8.63. The minimum absolute atomic E-state index is 0.212. The van der Waals surface area contributed by atoms with Gasteiger partial charge in [-0.2, -0.15) is 0 Å². The van der Waals surface area contributed by atoms with Gasteiger partial charge in [-0.3, -0.25) is 4.98 Å². The van der Waals surface area contributed by atoms with Gasteiger partial charge in [-0.1, -0.05) is 0 Å². The summed E-state index contributed by atoms with van der Waals surface area (Å²) in [6, 6.07) is 5.66. The van der Waals surface area contributed by atoms with Crippen molar-refractivity contribution in [2.75, 3.05) is 19.6 Å². The van der Waals surface area contributed by atoms with Gasteiger partial charge in [-0.25, -0.2) is 4.99 Å². The molecule has 0 bridgehead atoms. The molecule has 6 heteroatoms. The molecular weight excluding hydrogens is 316 g/mol. The van der Waals surface area contributed by atoms with Gasteiger partial charge >= 0.3 is 0 Å². The van der Waals surface area contributed by atoms with E-state index in [1.807, 2.05) is 38.4 Å². The number of aromatic nitrogens is 1. The Morgan fingerprint density at radius 1 is 1.28 bits per heavy atom. The topological polar surface area (TPSA) is 82.7 Å². The minimum Gasteiger partial charge on any atom is -0.463 e. The summed E-state index contributed by atoms with van der Waals surface area (Å²) in [5.41, 5.74) is 1.30. The van der Waals surface area contributed by atoms with E-state index in [2.05, 4.69) is 27.5 Å². The summed E-state index contributed by atoms with van der Waals surface area (Å²) in [6.07, 6.45) is 4.56. The second-order valence-corrected chi connectivity index (χ2v) is 6.36. The average molecular weight is 344 g/mol. The number of furan rings is 1. The number of aryl methyl sites for hydroxylation is 2. The van der Waals surface area contributed by atoms with Crippen molar-refractivity contribution in [3.63, 3.8) is 0 Å². The van der Waals surface area contributed by atoms with Crippen molar-refractivity contribution >= 4 is 5.96 Å². The van der Waals surface area contributed by atoms with Gasteiger partial charge in [-0.05, 0) is 63.4 Å². The molecular formula is C19H28N4O2. The lowest BCUT2D eigenvalue weighted by molar-refractivity contribution is 0.0428. The van der Waals surface area contributed by atoms with Crippen LogP contribution >= 0.6 is 0 Å². The standard InChI is InChI=1S/C19H28N4O2/c1-5-21-18(22-11-9-16-8-10-20-12-14(16)2)23-13-19(4,24)17-7-6-15(3)25-17/h6-8,10,12,24H,5,9,11,13H2,1-4H3,(H2,21,22,23). The van der Waals surface area contributed by atoms with Gasteiger partial charge in [-0.15, -0.1) is 0 Å². The van der Waals surface area contributed by atoms with Crippen LogP contribution in [-0.2, 0) is 12.0 Å². The van der Waals surface area contributed by atoms with Crippen molar-refractivity contribution in [3.8, 4) is 0 Å². The molecule has 0 saturated carbocycles. The molecule has 0 fully saturated rings. The summed E-state index contributed by atoms with van der Waals surface area (Å²) >= 11 is 0. The molecule has 1 atom stereocenters. The predicted molar refractivity (Wildman–Crippen MR) is 99.7 cm³/mol. The predicted octanol–water partition coefficient (Wildman–Crippen LogP) is 2.30. The fourth-order valence-corrected chi connectivity index (χ4v) is 2.47. The number of aliphatic imine (C=N–C) groups is 1. The van der Waals surface area contributed by atoms with Crippen LogP contribution < -0.4 is 10.6 Å². The fraction of sp³-hybridized carbons (Fsp3) is 0.474. The molecule has 0 aromatic carbocycles. The molecule has 2 rings (SSSR count). The molecule has 0 aliphatic carbocycles. The number of rotatable bonds is 7. The maximum Gasteiger partial charge on any atom is 0.191 e. The molecule has 1 unspecified atom stereocenters. The Kier molecular flexibility index (Phi) is 6.58. The van der Waals surface area contributed by atoms with E-state index in [1.165, 1.54) is 11.1 Å². The third-order valence-corrected chi connectivity index (χ3v) is 3.98. The van der Waals surface area contributed by atoms with Crippen molar-refractivity contribution in [2.45, 2.75) is 39.7 Å². The van der Waals surface area contributed by atoms with Gasteiger partial charge in [0.25, 0.3) is 0 Å². The number of nitrogens with one attached hydrogen (secondary N) is 2. The fourth-order valence-electron chi connectivity index (χ4n) is 2.47. The SMILES string of the molecule is CCNC(=NCC(C)(O)c1ccc(C)o1)NCCc1ccncc1C. The van der Waals surface area contributed by atoms with Crippen LogP contribution in [0.5, 0.6) is 0 Å². The number of guanidine groups is 1. The highest BCUT2D eigenvalue weighted by atomic mass is 16.4. The molecule has 2 heterocycles. The zero-order valence-electron chi connectivity index (χ0n) is 15.5. The summed E-state index contributed by atoms with van der Waals surface area (Å²) in [5, 5.41) is 17.1. The summed E-state index contributed by atoms with van der Waals surface area (Å²) in [5.74, 6) is 1.98. The summed E-state index contributed by atoms with van der Waals surface area (Å²) in [7, 11) is 0. The molecule has 0 saturated heterocycles. The third-order valence-electron chi connectivity index (χ3n) is 3.98. The van der Waals surface area contributed by atoms with Crippen LogP contribution in [0.4, 0.5) is 0 Å². The Bertz CT molecular complexity index is 707. The van der Waals surface area contributed by atoms with Crippen molar-refractivity contribution < 1.29 is 9.52 Å². The molecule has 2 aromatic rings. The Hall–Kier alpha value is -2.34. The summed E-state index contributed by atoms with van der Waals surface area (Å²) in [4.78, 5) is 8.61. The molecule has 2 aromatic heterocycles. The van der Waals surface area contributed by atoms with E-state index in [-0.39, 0.29) is 6.54 Å². The molecule has 6 nitrogen and oxygen atoms in total. The van der Waals surface area contributed by atoms with Crippen molar-refractivity contribution in [3.05, 3.63) is 53.2 Å². The summed E-state index contributed by atoms with van der Waals surface area (Å²) in [6.45, 7) is 9.35. The zero-order chi connectivity index (χ0) is 18.3. The Labute approximate surface area is 149 Å². The van der Waals surface area contributed by atoms with E-state index in [0.717, 1.165) is 25.3 Å². The molecule has 0 amide bonds. The molecule has 0 radical (unpaired) electrons. The number of nitrogens with zero attached hydrogens (tertiary/aromatic N) is 2. The van der Waals surface area contributed by atoms with Crippen LogP contribution in [0.2, 0.25) is 0 Å². The van der Waals surface area contributed by atoms with Crippen LogP contribution in [0.25, 0.3) is 0 Å². The second kappa shape index (κ2) is 8.67. The molecule has 0 aliphatic heterocycles. The van der Waals surface area contributed by atoms with Gasteiger partial charge in [0.1, 0.15) is 17.1 Å². The first-order chi connectivity index (χ1) is 11.9. The molecule has 0 aliphatic rings. The van der Waals surface area contributed by atoms with E-state index < -0.39 is 5.60 Å².